The molecule has 14 heavy (non-hydrogen) atoms. The van der Waals surface area contributed by atoms with Gasteiger partial charge in [-0.15, -0.1) is 0 Å². The van der Waals surface area contributed by atoms with Crippen molar-refractivity contribution in [2.24, 2.45) is 11.8 Å². The molecule has 80 valence electrons. The molecule has 1 amide bonds. The smallest absolute Gasteiger partial charge is 0.306 e. The molecule has 4 nitrogen and oxygen atoms in total. The zero-order valence-corrected chi connectivity index (χ0v) is 8.45. The first-order chi connectivity index (χ1) is 6.65. The number of rotatable bonds is 3. The van der Waals surface area contributed by atoms with Crippen LogP contribution in [0.5, 0.6) is 0 Å². The zero-order valence-electron chi connectivity index (χ0n) is 8.45. The van der Waals surface area contributed by atoms with E-state index in [1.165, 1.54) is 0 Å². The first kappa shape index (κ1) is 11.0. The Bertz CT molecular complexity index is 219. The summed E-state index contributed by atoms with van der Waals surface area (Å²) in [5.41, 5.74) is 0. The van der Waals surface area contributed by atoms with E-state index in [0.717, 1.165) is 0 Å². The molecule has 0 aromatic carbocycles. The van der Waals surface area contributed by atoms with E-state index in [1.807, 2.05) is 6.92 Å². The van der Waals surface area contributed by atoms with Crippen LogP contribution in [0, 0.1) is 11.8 Å². The van der Waals surface area contributed by atoms with Crippen molar-refractivity contribution in [2.45, 2.75) is 32.6 Å². The predicted octanol–water partition coefficient (Wildman–Crippen LogP) is 1.01. The highest BCUT2D eigenvalue weighted by molar-refractivity contribution is 5.79. The number of carbonyl (C=O) groups is 2. The minimum atomic E-state index is -0.723. The van der Waals surface area contributed by atoms with Crippen LogP contribution in [0.25, 0.3) is 0 Å². The Morgan fingerprint density at radius 3 is 2.14 bits per heavy atom. The molecule has 2 N–H and O–H groups in total. The van der Waals surface area contributed by atoms with Crippen LogP contribution in [0.3, 0.4) is 0 Å². The highest BCUT2D eigenvalue weighted by Gasteiger charge is 2.29. The molecule has 0 bridgehead atoms. The lowest BCUT2D eigenvalue weighted by Crippen LogP contribution is -2.34. The van der Waals surface area contributed by atoms with Gasteiger partial charge >= 0.3 is 5.97 Å². The van der Waals surface area contributed by atoms with Crippen molar-refractivity contribution >= 4 is 11.9 Å². The first-order valence-electron chi connectivity index (χ1n) is 5.15. The molecule has 0 aromatic rings. The van der Waals surface area contributed by atoms with Crippen molar-refractivity contribution in [3.63, 3.8) is 0 Å². The molecule has 0 heterocycles. The SMILES string of the molecule is CCNC(=O)C1CCC(C(=O)O)CC1. The van der Waals surface area contributed by atoms with Crippen LogP contribution in [0.2, 0.25) is 0 Å². The minimum Gasteiger partial charge on any atom is -0.481 e. The van der Waals surface area contributed by atoms with Crippen molar-refractivity contribution in [1.82, 2.24) is 5.32 Å². The molecule has 0 radical (unpaired) electrons. The summed E-state index contributed by atoms with van der Waals surface area (Å²) in [7, 11) is 0. The van der Waals surface area contributed by atoms with Crippen molar-refractivity contribution in [3.8, 4) is 0 Å². The third-order valence-corrected chi connectivity index (χ3v) is 2.80. The summed E-state index contributed by atoms with van der Waals surface area (Å²) in [5, 5.41) is 11.5. The molecule has 1 aliphatic carbocycles. The first-order valence-corrected chi connectivity index (χ1v) is 5.15. The Kier molecular flexibility index (Phi) is 3.92. The Morgan fingerprint density at radius 2 is 1.71 bits per heavy atom. The van der Waals surface area contributed by atoms with Crippen molar-refractivity contribution < 1.29 is 14.7 Å². The fraction of sp³-hybridized carbons (Fsp3) is 0.800. The van der Waals surface area contributed by atoms with E-state index in [-0.39, 0.29) is 17.7 Å². The van der Waals surface area contributed by atoms with Gasteiger partial charge in [0, 0.05) is 12.5 Å². The Morgan fingerprint density at radius 1 is 1.21 bits per heavy atom. The topological polar surface area (TPSA) is 66.4 Å². The van der Waals surface area contributed by atoms with Crippen LogP contribution in [0.15, 0.2) is 0 Å². The normalized spacial score (nSPS) is 26.9. The van der Waals surface area contributed by atoms with E-state index < -0.39 is 5.97 Å². The monoisotopic (exact) mass is 199 g/mol. The molecule has 0 spiro atoms. The van der Waals surface area contributed by atoms with E-state index in [1.54, 1.807) is 0 Å². The van der Waals surface area contributed by atoms with Gasteiger partial charge in [0.05, 0.1) is 5.92 Å². The number of amides is 1. The van der Waals surface area contributed by atoms with Gasteiger partial charge in [-0.05, 0) is 32.6 Å². The van der Waals surface area contributed by atoms with E-state index in [4.69, 9.17) is 5.11 Å². The molecule has 1 aliphatic rings. The molecule has 1 fully saturated rings. The van der Waals surface area contributed by atoms with Crippen LogP contribution < -0.4 is 5.32 Å². The van der Waals surface area contributed by atoms with E-state index >= 15 is 0 Å². The molecule has 0 atom stereocenters. The van der Waals surface area contributed by atoms with Gasteiger partial charge in [-0.3, -0.25) is 9.59 Å². The Labute approximate surface area is 83.7 Å². The van der Waals surface area contributed by atoms with Crippen molar-refractivity contribution in [2.75, 3.05) is 6.54 Å². The highest BCUT2D eigenvalue weighted by Crippen LogP contribution is 2.28. The molecular weight excluding hydrogens is 182 g/mol. The fourth-order valence-corrected chi connectivity index (χ4v) is 1.92. The summed E-state index contributed by atoms with van der Waals surface area (Å²) in [6.45, 7) is 2.54. The largest absolute Gasteiger partial charge is 0.481 e. The maximum atomic E-state index is 11.4. The number of carboxylic acid groups (broad SMARTS) is 1. The summed E-state index contributed by atoms with van der Waals surface area (Å²) >= 11 is 0. The highest BCUT2D eigenvalue weighted by atomic mass is 16.4. The summed E-state index contributed by atoms with van der Waals surface area (Å²) < 4.78 is 0. The predicted molar refractivity (Wildman–Crippen MR) is 51.8 cm³/mol. The summed E-state index contributed by atoms with van der Waals surface area (Å²) in [4.78, 5) is 22.1. The van der Waals surface area contributed by atoms with Gasteiger partial charge in [0.25, 0.3) is 0 Å². The molecule has 1 rings (SSSR count). The van der Waals surface area contributed by atoms with Gasteiger partial charge in [-0.1, -0.05) is 0 Å². The number of hydrogen-bond acceptors (Lipinski definition) is 2. The maximum Gasteiger partial charge on any atom is 0.306 e. The second-order valence-electron chi connectivity index (χ2n) is 3.78. The standard InChI is InChI=1S/C10H17NO3/c1-2-11-9(12)7-3-5-8(6-4-7)10(13)14/h7-8H,2-6H2,1H3,(H,11,12)(H,13,14). The molecule has 0 aromatic heterocycles. The number of carboxylic acids is 1. The van der Waals surface area contributed by atoms with Gasteiger partial charge in [0.2, 0.25) is 5.91 Å². The number of aliphatic carboxylic acids is 1. The molecule has 0 saturated heterocycles. The van der Waals surface area contributed by atoms with Gasteiger partial charge in [-0.25, -0.2) is 0 Å². The number of carbonyl (C=O) groups excluding carboxylic acids is 1. The maximum absolute atomic E-state index is 11.4. The average Bonchev–Trinajstić information content (AvgIpc) is 2.18. The zero-order chi connectivity index (χ0) is 10.6. The molecule has 0 unspecified atom stereocenters. The average molecular weight is 199 g/mol. The molecular formula is C10H17NO3. The van der Waals surface area contributed by atoms with Crippen molar-refractivity contribution in [3.05, 3.63) is 0 Å². The van der Waals surface area contributed by atoms with Crippen LogP contribution in [0.1, 0.15) is 32.6 Å². The Balaban J connectivity index is 2.35. The minimum absolute atomic E-state index is 0.0329. The van der Waals surface area contributed by atoms with Gasteiger partial charge in [0.1, 0.15) is 0 Å². The number of hydrogen-bond donors (Lipinski definition) is 2. The van der Waals surface area contributed by atoms with Crippen LogP contribution >= 0.6 is 0 Å². The third-order valence-electron chi connectivity index (χ3n) is 2.80. The molecule has 4 heteroatoms. The van der Waals surface area contributed by atoms with Crippen LogP contribution in [-0.4, -0.2) is 23.5 Å². The lowest BCUT2D eigenvalue weighted by atomic mass is 9.81. The van der Waals surface area contributed by atoms with Crippen LogP contribution in [-0.2, 0) is 9.59 Å². The van der Waals surface area contributed by atoms with E-state index in [9.17, 15) is 9.59 Å². The Hall–Kier alpha value is -1.06. The number of nitrogens with one attached hydrogen (secondary N) is 1. The molecule has 0 aliphatic heterocycles. The van der Waals surface area contributed by atoms with Gasteiger partial charge in [0.15, 0.2) is 0 Å². The van der Waals surface area contributed by atoms with Crippen molar-refractivity contribution in [1.29, 1.82) is 0 Å². The summed E-state index contributed by atoms with van der Waals surface area (Å²) in [6.07, 6.45) is 2.69. The second kappa shape index (κ2) is 4.98. The summed E-state index contributed by atoms with van der Waals surface area (Å²) in [6, 6.07) is 0. The summed E-state index contributed by atoms with van der Waals surface area (Å²) in [5.74, 6) is -0.845. The quantitative estimate of drug-likeness (QED) is 0.713. The van der Waals surface area contributed by atoms with Gasteiger partial charge < -0.3 is 10.4 Å². The van der Waals surface area contributed by atoms with E-state index in [0.29, 0.717) is 32.2 Å². The van der Waals surface area contributed by atoms with Gasteiger partial charge in [-0.2, -0.15) is 0 Å². The lowest BCUT2D eigenvalue weighted by Gasteiger charge is -2.24. The van der Waals surface area contributed by atoms with E-state index in [2.05, 4.69) is 5.32 Å². The second-order valence-corrected chi connectivity index (χ2v) is 3.78. The van der Waals surface area contributed by atoms with Crippen LogP contribution in [0.4, 0.5) is 0 Å². The fourth-order valence-electron chi connectivity index (χ4n) is 1.92. The lowest BCUT2D eigenvalue weighted by molar-refractivity contribution is -0.144. The third kappa shape index (κ3) is 2.72. The molecule has 1 saturated carbocycles.